The second-order valence-electron chi connectivity index (χ2n) is 16.7. The molecule has 58 heavy (non-hydrogen) atoms. The van der Waals surface area contributed by atoms with E-state index in [9.17, 15) is 43.2 Å². The van der Waals surface area contributed by atoms with Crippen molar-refractivity contribution in [1.82, 2.24) is 50.7 Å². The molecule has 4 N–H and O–H groups in total. The van der Waals surface area contributed by atoms with Gasteiger partial charge in [0, 0.05) is 35.2 Å². The molecule has 1 aliphatic heterocycles. The van der Waals surface area contributed by atoms with Gasteiger partial charge in [-0.1, -0.05) is 55.4 Å². The van der Waals surface area contributed by atoms with Crippen molar-refractivity contribution < 1.29 is 47.9 Å². The first kappa shape index (κ1) is 51.2. The number of hydrogen-bond acceptors (Lipinski definition) is 12. The zero-order valence-electron chi connectivity index (χ0n) is 37.0. The molecule has 1 fully saturated rings. The lowest BCUT2D eigenvalue weighted by Crippen LogP contribution is -2.61. The maximum absolute atomic E-state index is 14.1. The highest BCUT2D eigenvalue weighted by atomic mass is 16.6. The van der Waals surface area contributed by atoms with Crippen LogP contribution in [0.25, 0.3) is 0 Å². The molecule has 1 heterocycles. The Morgan fingerprint density at radius 1 is 0.586 bits per heavy atom. The first-order chi connectivity index (χ1) is 26.7. The van der Waals surface area contributed by atoms with Crippen LogP contribution in [0.5, 0.6) is 0 Å². The number of ether oxygens (including phenoxy) is 1. The van der Waals surface area contributed by atoms with Gasteiger partial charge in [-0.2, -0.15) is 0 Å². The monoisotopic (exact) mass is 825 g/mol. The molecule has 0 bridgehead atoms. The van der Waals surface area contributed by atoms with Crippen molar-refractivity contribution in [1.29, 1.82) is 0 Å². The lowest BCUT2D eigenvalue weighted by atomic mass is 10.0. The first-order valence-electron chi connectivity index (χ1n) is 19.6. The number of urea groups is 4. The number of amides is 12. The molecular weight excluding hydrogens is 756 g/mol. The second kappa shape index (κ2) is 22.9. The van der Waals surface area contributed by atoms with Crippen LogP contribution < -0.4 is 21.3 Å². The lowest BCUT2D eigenvalue weighted by molar-refractivity contribution is -0.142. The topological polar surface area (TPSA) is 230 Å². The van der Waals surface area contributed by atoms with Gasteiger partial charge < -0.3 is 19.9 Å². The predicted molar refractivity (Wildman–Crippen MR) is 215 cm³/mol. The highest BCUT2D eigenvalue weighted by Crippen LogP contribution is 2.19. The van der Waals surface area contributed by atoms with Crippen molar-refractivity contribution in [2.75, 3.05) is 48.8 Å². The molecule has 12 amide bonds. The molecule has 20 nitrogen and oxygen atoms in total. The van der Waals surface area contributed by atoms with Gasteiger partial charge >= 0.3 is 36.2 Å². The van der Waals surface area contributed by atoms with Crippen LogP contribution in [-0.4, -0.2) is 163 Å². The Balaban J connectivity index is 3.76. The normalized spacial score (nSPS) is 24.6. The van der Waals surface area contributed by atoms with Crippen LogP contribution in [-0.2, 0) is 23.9 Å². The van der Waals surface area contributed by atoms with Crippen LogP contribution in [0.4, 0.5) is 24.0 Å². The maximum Gasteiger partial charge on any atom is 0.417 e. The van der Waals surface area contributed by atoms with E-state index in [1.165, 1.54) is 33.0 Å². The van der Waals surface area contributed by atoms with Gasteiger partial charge in [0.2, 0.25) is 11.8 Å². The van der Waals surface area contributed by atoms with Crippen molar-refractivity contribution in [2.24, 2.45) is 23.7 Å². The molecule has 1 saturated heterocycles. The number of imide groups is 4. The van der Waals surface area contributed by atoms with Crippen molar-refractivity contribution in [2.45, 2.75) is 118 Å². The molecule has 0 saturated carbocycles. The van der Waals surface area contributed by atoms with E-state index >= 15 is 0 Å². The minimum Gasteiger partial charge on any atom is -0.375 e. The number of carbonyl (C=O) groups is 9. The Bertz CT molecular complexity index is 1510. The third kappa shape index (κ3) is 15.5. The van der Waals surface area contributed by atoms with Crippen molar-refractivity contribution >= 4 is 53.9 Å². The predicted octanol–water partition coefficient (Wildman–Crippen LogP) is 2.63. The highest BCUT2D eigenvalue weighted by molar-refractivity contribution is 6.08. The van der Waals surface area contributed by atoms with Gasteiger partial charge in [-0.05, 0) is 63.3 Å². The number of nitrogens with one attached hydrogen (secondary N) is 4. The van der Waals surface area contributed by atoms with Crippen LogP contribution in [0, 0.1) is 23.7 Å². The SMILES string of the molecule is CC(C)C[C@@H]1C(=O)NC(=O)N(C)C(=O)N(C)C(=O)NC(=O)N(C)CC(=O)N(C)[C@@H](CC(C)C)C(=O)N[C@H](CC(C)C)N(C)[C@H](CC(C)C)N[C@H](C)C(=O)OC(=O)N1C. The number of cyclic esters (lactones) is 2. The average Bonchev–Trinajstić information content (AvgIpc) is 3.12. The summed E-state index contributed by atoms with van der Waals surface area (Å²) in [6.45, 7) is 16.3. The molecule has 330 valence electrons. The first-order valence-corrected chi connectivity index (χ1v) is 19.6. The van der Waals surface area contributed by atoms with Gasteiger partial charge in [0.15, 0.2) is 0 Å². The van der Waals surface area contributed by atoms with Crippen LogP contribution >= 0.6 is 0 Å². The maximum atomic E-state index is 14.1. The average molecular weight is 825 g/mol. The Labute approximate surface area is 343 Å². The Morgan fingerprint density at radius 2 is 1.03 bits per heavy atom. The van der Waals surface area contributed by atoms with Gasteiger partial charge in [-0.25, -0.2) is 38.6 Å². The van der Waals surface area contributed by atoms with E-state index in [0.29, 0.717) is 22.6 Å². The summed E-state index contributed by atoms with van der Waals surface area (Å²) in [5.74, 6) is -3.01. The van der Waals surface area contributed by atoms with E-state index in [-0.39, 0.29) is 36.5 Å². The standard InChI is InChI=1S/C38H68N10O10/c1-21(2)16-26-31(50)40-29(19-24(7)8)46(13)28(18-23(5)6)39-25(9)33(52)58-38(57)45(12)27(17-22(3)4)32(51)41-35(54)47(14)37(56)48(15)36(55)42-34(53)43(10)20-30(49)44(26)11/h21-29,39H,16-20H2,1-15H3,(H,40,50)(H,41,51,54)(H,42,53,55)/t25-,26+,27-,28-,29+/m1/s1. The summed E-state index contributed by atoms with van der Waals surface area (Å²) in [7, 11) is 7.67. The number of esters is 1. The molecule has 0 aromatic carbocycles. The molecular formula is C38H68N10O10. The van der Waals surface area contributed by atoms with Gasteiger partial charge in [-0.15, -0.1) is 0 Å². The Morgan fingerprint density at radius 3 is 1.52 bits per heavy atom. The molecule has 5 atom stereocenters. The third-order valence-corrected chi connectivity index (χ3v) is 9.62. The van der Waals surface area contributed by atoms with Gasteiger partial charge in [0.1, 0.15) is 24.7 Å². The summed E-state index contributed by atoms with van der Waals surface area (Å²) in [6.07, 6.45) is -0.989. The van der Waals surface area contributed by atoms with Crippen molar-refractivity contribution in [3.05, 3.63) is 0 Å². The number of rotatable bonds is 8. The van der Waals surface area contributed by atoms with E-state index < -0.39 is 90.9 Å². The van der Waals surface area contributed by atoms with E-state index in [1.54, 1.807) is 20.9 Å². The number of nitrogens with zero attached hydrogens (tertiary/aromatic N) is 6. The van der Waals surface area contributed by atoms with Crippen molar-refractivity contribution in [3.8, 4) is 0 Å². The molecule has 0 unspecified atom stereocenters. The highest BCUT2D eigenvalue weighted by Gasteiger charge is 2.37. The van der Waals surface area contributed by atoms with Crippen LogP contribution in [0.2, 0.25) is 0 Å². The smallest absolute Gasteiger partial charge is 0.375 e. The summed E-state index contributed by atoms with van der Waals surface area (Å²) < 4.78 is 5.22. The van der Waals surface area contributed by atoms with Crippen LogP contribution in [0.1, 0.15) is 88.0 Å². The van der Waals surface area contributed by atoms with E-state index in [2.05, 4.69) is 10.6 Å². The molecule has 0 aromatic rings. The second-order valence-corrected chi connectivity index (χ2v) is 16.7. The molecule has 1 rings (SSSR count). The number of carbonyl (C=O) groups excluding carboxylic acids is 9. The fourth-order valence-electron chi connectivity index (χ4n) is 6.06. The lowest BCUT2D eigenvalue weighted by Gasteiger charge is -2.40. The summed E-state index contributed by atoms with van der Waals surface area (Å²) in [4.78, 5) is 126. The zero-order valence-corrected chi connectivity index (χ0v) is 37.0. The van der Waals surface area contributed by atoms with Gasteiger partial charge in [0.25, 0.3) is 5.91 Å². The van der Waals surface area contributed by atoms with Crippen molar-refractivity contribution in [3.63, 3.8) is 0 Å². The van der Waals surface area contributed by atoms with E-state index in [4.69, 9.17) is 4.74 Å². The Kier molecular flexibility index (Phi) is 20.2. The third-order valence-electron chi connectivity index (χ3n) is 9.62. The summed E-state index contributed by atoms with van der Waals surface area (Å²) >= 11 is 0. The fourth-order valence-corrected chi connectivity index (χ4v) is 6.06. The fraction of sp³-hybridized carbons (Fsp3) is 0.763. The summed E-state index contributed by atoms with van der Waals surface area (Å²) in [6, 6.07) is -8.15. The molecule has 0 spiro atoms. The number of hydrogen-bond donors (Lipinski definition) is 4. The molecule has 1 aliphatic rings. The van der Waals surface area contributed by atoms with Gasteiger partial charge in [-0.3, -0.25) is 40.1 Å². The van der Waals surface area contributed by atoms with Crippen LogP contribution in [0.3, 0.4) is 0 Å². The van der Waals surface area contributed by atoms with E-state index in [0.717, 1.165) is 23.9 Å². The molecule has 0 radical (unpaired) electrons. The van der Waals surface area contributed by atoms with Gasteiger partial charge in [0.05, 0.1) is 12.3 Å². The summed E-state index contributed by atoms with van der Waals surface area (Å²) in [5.41, 5.74) is 0. The minimum absolute atomic E-state index is 0.0256. The zero-order chi connectivity index (χ0) is 44.9. The minimum atomic E-state index is -1.33. The molecule has 0 aromatic heterocycles. The molecule has 0 aliphatic carbocycles. The number of likely N-dealkylation sites (N-methyl/N-ethyl adjacent to an activating group) is 3. The largest absolute Gasteiger partial charge is 0.417 e. The van der Waals surface area contributed by atoms with Crippen LogP contribution in [0.15, 0.2) is 0 Å². The van der Waals surface area contributed by atoms with E-state index in [1.807, 2.05) is 57.1 Å². The Hall–Kier alpha value is -4.85. The quantitative estimate of drug-likeness (QED) is 0.205. The summed E-state index contributed by atoms with van der Waals surface area (Å²) in [5, 5.41) is 10.4. The molecule has 20 heteroatoms.